The summed E-state index contributed by atoms with van der Waals surface area (Å²) in [5.41, 5.74) is -0.681. The molecule has 2 N–H and O–H groups in total. The first-order valence-electron chi connectivity index (χ1n) is 4.70. The minimum atomic E-state index is -1.16. The molecule has 0 aliphatic rings. The Bertz CT molecular complexity index is 308. The van der Waals surface area contributed by atoms with Crippen molar-refractivity contribution in [2.45, 2.75) is 32.2 Å². The minimum Gasteiger partial charge on any atom is -0.478 e. The molecule has 1 amide bonds. The number of hydrogen-bond donors (Lipinski definition) is 2. The summed E-state index contributed by atoms with van der Waals surface area (Å²) in [7, 11) is 0. The molecule has 4 heteroatoms. The highest BCUT2D eigenvalue weighted by molar-refractivity contribution is 5.94. The first-order chi connectivity index (χ1) is 6.99. The van der Waals surface area contributed by atoms with Gasteiger partial charge in [-0.15, -0.1) is 6.42 Å². The summed E-state index contributed by atoms with van der Waals surface area (Å²) in [6.07, 6.45) is 8.27. The number of carboxylic acids is 1. The molecule has 0 aliphatic heterocycles. The summed E-state index contributed by atoms with van der Waals surface area (Å²) in [4.78, 5) is 21.5. The molecular weight excluding hydrogens is 194 g/mol. The van der Waals surface area contributed by atoms with Gasteiger partial charge in [0.25, 0.3) is 0 Å². The Morgan fingerprint density at radius 3 is 2.27 bits per heavy atom. The van der Waals surface area contributed by atoms with E-state index in [1.807, 2.05) is 13.8 Å². The molecular formula is C11H15NO3. The van der Waals surface area contributed by atoms with Crippen LogP contribution in [0.3, 0.4) is 0 Å². The monoisotopic (exact) mass is 209 g/mol. The van der Waals surface area contributed by atoms with Crippen molar-refractivity contribution in [1.82, 2.24) is 5.32 Å². The van der Waals surface area contributed by atoms with E-state index in [0.717, 1.165) is 12.2 Å². The van der Waals surface area contributed by atoms with Crippen LogP contribution in [0.1, 0.15) is 26.7 Å². The van der Waals surface area contributed by atoms with Crippen LogP contribution in [0.5, 0.6) is 0 Å². The largest absolute Gasteiger partial charge is 0.478 e. The van der Waals surface area contributed by atoms with E-state index in [0.29, 0.717) is 12.8 Å². The van der Waals surface area contributed by atoms with Crippen molar-refractivity contribution in [3.05, 3.63) is 12.2 Å². The molecule has 0 bridgehead atoms. The Kier molecular flexibility index (Phi) is 5.18. The van der Waals surface area contributed by atoms with Crippen LogP contribution in [-0.4, -0.2) is 22.5 Å². The summed E-state index contributed by atoms with van der Waals surface area (Å²) >= 11 is 0. The molecule has 15 heavy (non-hydrogen) atoms. The molecule has 0 saturated heterocycles. The molecule has 82 valence electrons. The quantitative estimate of drug-likeness (QED) is 0.523. The van der Waals surface area contributed by atoms with Gasteiger partial charge in [0.1, 0.15) is 5.54 Å². The van der Waals surface area contributed by atoms with Crippen molar-refractivity contribution in [1.29, 1.82) is 0 Å². The molecule has 0 atom stereocenters. The van der Waals surface area contributed by atoms with E-state index in [4.69, 9.17) is 11.5 Å². The lowest BCUT2D eigenvalue weighted by atomic mass is 9.94. The zero-order valence-electron chi connectivity index (χ0n) is 8.91. The smallest absolute Gasteiger partial charge is 0.328 e. The third kappa shape index (κ3) is 4.32. The van der Waals surface area contributed by atoms with Gasteiger partial charge >= 0.3 is 5.97 Å². The van der Waals surface area contributed by atoms with Gasteiger partial charge in [0.15, 0.2) is 0 Å². The third-order valence-electron chi connectivity index (χ3n) is 2.22. The molecule has 0 fully saturated rings. The second-order valence-electron chi connectivity index (χ2n) is 3.09. The number of hydrogen-bond acceptors (Lipinski definition) is 2. The van der Waals surface area contributed by atoms with Crippen LogP contribution >= 0.6 is 0 Å². The average molecular weight is 209 g/mol. The fraction of sp³-hybridized carbons (Fsp3) is 0.455. The molecule has 0 aliphatic carbocycles. The number of carbonyl (C=O) groups excluding carboxylic acids is 1. The van der Waals surface area contributed by atoms with E-state index in [1.165, 1.54) is 0 Å². The Labute approximate surface area is 89.4 Å². The molecule has 0 radical (unpaired) electrons. The van der Waals surface area contributed by atoms with E-state index < -0.39 is 17.4 Å². The van der Waals surface area contributed by atoms with Crippen LogP contribution in [-0.2, 0) is 9.59 Å². The number of amides is 1. The molecule has 0 unspecified atom stereocenters. The standard InChI is InChI=1S/C11H15NO3/c1-4-11(5-2,6-3)12-9(13)7-8-10(14)15/h1,7-8H,5-6H2,2-3H3,(H,12,13)(H,14,15)/b8-7-. The van der Waals surface area contributed by atoms with Crippen LogP contribution in [0.15, 0.2) is 12.2 Å². The van der Waals surface area contributed by atoms with Crippen molar-refractivity contribution in [3.8, 4) is 12.3 Å². The SMILES string of the molecule is C#CC(CC)(CC)NC(=O)/C=C\C(=O)O. The second-order valence-corrected chi connectivity index (χ2v) is 3.09. The van der Waals surface area contributed by atoms with Crippen LogP contribution < -0.4 is 5.32 Å². The van der Waals surface area contributed by atoms with Crippen molar-refractivity contribution in [2.24, 2.45) is 0 Å². The first-order valence-corrected chi connectivity index (χ1v) is 4.70. The Hall–Kier alpha value is -1.76. The highest BCUT2D eigenvalue weighted by atomic mass is 16.4. The zero-order chi connectivity index (χ0) is 11.9. The summed E-state index contributed by atoms with van der Waals surface area (Å²) in [6, 6.07) is 0. The number of carboxylic acid groups (broad SMARTS) is 1. The predicted octanol–water partition coefficient (Wildman–Crippen LogP) is 0.935. The number of aliphatic carboxylic acids is 1. The highest BCUT2D eigenvalue weighted by Crippen LogP contribution is 2.13. The Morgan fingerprint density at radius 1 is 1.40 bits per heavy atom. The number of nitrogens with one attached hydrogen (secondary N) is 1. The van der Waals surface area contributed by atoms with Crippen LogP contribution in [0.4, 0.5) is 0 Å². The lowest BCUT2D eigenvalue weighted by Gasteiger charge is -2.26. The van der Waals surface area contributed by atoms with Crippen molar-refractivity contribution in [2.75, 3.05) is 0 Å². The maximum absolute atomic E-state index is 11.3. The third-order valence-corrected chi connectivity index (χ3v) is 2.22. The summed E-state index contributed by atoms with van der Waals surface area (Å²) in [6.45, 7) is 3.73. The molecule has 0 heterocycles. The van der Waals surface area contributed by atoms with Gasteiger partial charge in [0.05, 0.1) is 0 Å². The van der Waals surface area contributed by atoms with Gasteiger partial charge in [-0.1, -0.05) is 19.8 Å². The lowest BCUT2D eigenvalue weighted by molar-refractivity contribution is -0.131. The molecule has 0 aromatic heterocycles. The van der Waals surface area contributed by atoms with Crippen molar-refractivity contribution in [3.63, 3.8) is 0 Å². The first kappa shape index (κ1) is 13.2. The maximum atomic E-state index is 11.3. The normalized spacial score (nSPS) is 11.0. The van der Waals surface area contributed by atoms with Gasteiger partial charge in [-0.3, -0.25) is 4.79 Å². The van der Waals surface area contributed by atoms with E-state index in [1.54, 1.807) is 0 Å². The van der Waals surface area contributed by atoms with Gasteiger partial charge < -0.3 is 10.4 Å². The average Bonchev–Trinajstić information content (AvgIpc) is 2.23. The van der Waals surface area contributed by atoms with Gasteiger partial charge in [-0.2, -0.15) is 0 Å². The zero-order valence-corrected chi connectivity index (χ0v) is 8.91. The molecule has 0 aromatic carbocycles. The Balaban J connectivity index is 4.51. The van der Waals surface area contributed by atoms with Crippen LogP contribution in [0.25, 0.3) is 0 Å². The lowest BCUT2D eigenvalue weighted by Crippen LogP contribution is -2.45. The van der Waals surface area contributed by atoms with Gasteiger partial charge in [0.2, 0.25) is 5.91 Å². The molecule has 0 spiro atoms. The summed E-state index contributed by atoms with van der Waals surface area (Å²) < 4.78 is 0. The fourth-order valence-electron chi connectivity index (χ4n) is 1.09. The van der Waals surface area contributed by atoms with Gasteiger partial charge in [-0.05, 0) is 12.8 Å². The predicted molar refractivity (Wildman–Crippen MR) is 57.1 cm³/mol. The Morgan fingerprint density at radius 2 is 1.93 bits per heavy atom. The molecule has 0 aromatic rings. The summed E-state index contributed by atoms with van der Waals surface area (Å²) in [5.74, 6) is 0.871. The van der Waals surface area contributed by atoms with Crippen LogP contribution in [0, 0.1) is 12.3 Å². The van der Waals surface area contributed by atoms with E-state index in [-0.39, 0.29) is 0 Å². The molecule has 4 nitrogen and oxygen atoms in total. The van der Waals surface area contributed by atoms with Crippen molar-refractivity contribution < 1.29 is 14.7 Å². The van der Waals surface area contributed by atoms with E-state index in [2.05, 4.69) is 11.2 Å². The van der Waals surface area contributed by atoms with Gasteiger partial charge in [0, 0.05) is 12.2 Å². The number of rotatable bonds is 5. The minimum absolute atomic E-state index is 0.487. The number of carbonyl (C=O) groups is 2. The highest BCUT2D eigenvalue weighted by Gasteiger charge is 2.24. The summed E-state index contributed by atoms with van der Waals surface area (Å²) in [5, 5.41) is 10.9. The van der Waals surface area contributed by atoms with Crippen molar-refractivity contribution >= 4 is 11.9 Å². The maximum Gasteiger partial charge on any atom is 0.328 e. The topological polar surface area (TPSA) is 66.4 Å². The fourth-order valence-corrected chi connectivity index (χ4v) is 1.09. The van der Waals surface area contributed by atoms with E-state index in [9.17, 15) is 9.59 Å². The molecule has 0 rings (SSSR count). The van der Waals surface area contributed by atoms with Crippen LogP contribution in [0.2, 0.25) is 0 Å². The second kappa shape index (κ2) is 5.86. The van der Waals surface area contributed by atoms with Gasteiger partial charge in [-0.25, -0.2) is 4.79 Å². The molecule has 0 saturated carbocycles. The van der Waals surface area contributed by atoms with E-state index >= 15 is 0 Å². The number of terminal acetylenes is 1.